The summed E-state index contributed by atoms with van der Waals surface area (Å²) < 4.78 is 1.71. The molecule has 2 N–H and O–H groups in total. The summed E-state index contributed by atoms with van der Waals surface area (Å²) in [5.41, 5.74) is 0. The lowest BCUT2D eigenvalue weighted by molar-refractivity contribution is 0.0940. The SMILES string of the molecule is CCNCCCNC(=O)c1nccn1C. The zero-order valence-corrected chi connectivity index (χ0v) is 9.29. The van der Waals surface area contributed by atoms with E-state index >= 15 is 0 Å². The topological polar surface area (TPSA) is 58.9 Å². The number of imidazole rings is 1. The first-order valence-corrected chi connectivity index (χ1v) is 5.22. The summed E-state index contributed by atoms with van der Waals surface area (Å²) in [7, 11) is 1.81. The van der Waals surface area contributed by atoms with Crippen LogP contribution in [0, 0.1) is 0 Å². The van der Waals surface area contributed by atoms with Crippen molar-refractivity contribution in [2.45, 2.75) is 13.3 Å². The van der Waals surface area contributed by atoms with Crippen LogP contribution in [0.15, 0.2) is 12.4 Å². The highest BCUT2D eigenvalue weighted by Gasteiger charge is 2.08. The molecule has 1 heterocycles. The van der Waals surface area contributed by atoms with Crippen LogP contribution < -0.4 is 10.6 Å². The van der Waals surface area contributed by atoms with Gasteiger partial charge in [0.1, 0.15) is 0 Å². The Bertz CT molecular complexity index is 308. The van der Waals surface area contributed by atoms with E-state index in [9.17, 15) is 4.79 Å². The van der Waals surface area contributed by atoms with Crippen LogP contribution in [0.4, 0.5) is 0 Å². The fourth-order valence-electron chi connectivity index (χ4n) is 1.26. The van der Waals surface area contributed by atoms with Crippen LogP contribution in [-0.2, 0) is 7.05 Å². The molecule has 0 fully saturated rings. The quantitative estimate of drug-likeness (QED) is 0.657. The highest BCUT2D eigenvalue weighted by Crippen LogP contribution is 1.93. The number of hydrogen-bond donors (Lipinski definition) is 2. The molecule has 0 aromatic carbocycles. The minimum Gasteiger partial charge on any atom is -0.349 e. The van der Waals surface area contributed by atoms with Gasteiger partial charge in [0.2, 0.25) is 0 Å². The maximum atomic E-state index is 11.5. The standard InChI is InChI=1S/C10H18N4O/c1-3-11-5-4-6-13-10(15)9-12-7-8-14(9)2/h7-8,11H,3-6H2,1-2H3,(H,13,15). The van der Waals surface area contributed by atoms with Crippen molar-refractivity contribution in [1.29, 1.82) is 0 Å². The predicted octanol–water partition coefficient (Wildman–Crippen LogP) is 0.149. The average molecular weight is 210 g/mol. The summed E-state index contributed by atoms with van der Waals surface area (Å²) in [6.07, 6.45) is 4.31. The molecule has 0 unspecified atom stereocenters. The molecule has 84 valence electrons. The molecular weight excluding hydrogens is 192 g/mol. The van der Waals surface area contributed by atoms with Crippen LogP contribution in [0.5, 0.6) is 0 Å². The van der Waals surface area contributed by atoms with E-state index < -0.39 is 0 Å². The first-order valence-electron chi connectivity index (χ1n) is 5.22. The largest absolute Gasteiger partial charge is 0.349 e. The van der Waals surface area contributed by atoms with Crippen molar-refractivity contribution in [2.24, 2.45) is 7.05 Å². The van der Waals surface area contributed by atoms with Gasteiger partial charge in [-0.25, -0.2) is 4.98 Å². The molecule has 0 atom stereocenters. The number of carbonyl (C=O) groups is 1. The van der Waals surface area contributed by atoms with Gasteiger partial charge in [0.25, 0.3) is 5.91 Å². The Labute approximate surface area is 89.9 Å². The summed E-state index contributed by atoms with van der Waals surface area (Å²) in [4.78, 5) is 15.5. The lowest BCUT2D eigenvalue weighted by Gasteiger charge is -2.05. The molecule has 0 saturated carbocycles. The van der Waals surface area contributed by atoms with Crippen LogP contribution in [0.3, 0.4) is 0 Å². The molecular formula is C10H18N4O. The van der Waals surface area contributed by atoms with Crippen LogP contribution >= 0.6 is 0 Å². The van der Waals surface area contributed by atoms with Crippen LogP contribution in [0.2, 0.25) is 0 Å². The number of rotatable bonds is 6. The molecule has 0 aliphatic rings. The Morgan fingerprint density at radius 3 is 2.93 bits per heavy atom. The molecule has 15 heavy (non-hydrogen) atoms. The van der Waals surface area contributed by atoms with Crippen LogP contribution in [0.25, 0.3) is 0 Å². The van der Waals surface area contributed by atoms with Crippen molar-refractivity contribution in [3.05, 3.63) is 18.2 Å². The maximum Gasteiger partial charge on any atom is 0.287 e. The number of aryl methyl sites for hydroxylation is 1. The van der Waals surface area contributed by atoms with E-state index in [0.717, 1.165) is 19.5 Å². The second-order valence-corrected chi connectivity index (χ2v) is 3.32. The Kier molecular flexibility index (Phi) is 4.83. The van der Waals surface area contributed by atoms with Crippen molar-refractivity contribution in [1.82, 2.24) is 20.2 Å². The van der Waals surface area contributed by atoms with Crippen LogP contribution in [-0.4, -0.2) is 35.1 Å². The highest BCUT2D eigenvalue weighted by atomic mass is 16.2. The minimum atomic E-state index is -0.112. The molecule has 0 saturated heterocycles. The van der Waals surface area contributed by atoms with Crippen molar-refractivity contribution >= 4 is 5.91 Å². The Balaban J connectivity index is 2.22. The van der Waals surface area contributed by atoms with Gasteiger partial charge in [0.05, 0.1) is 0 Å². The van der Waals surface area contributed by atoms with Crippen molar-refractivity contribution < 1.29 is 4.79 Å². The van der Waals surface area contributed by atoms with E-state index in [1.807, 2.05) is 0 Å². The normalized spacial score (nSPS) is 10.3. The predicted molar refractivity (Wildman–Crippen MR) is 58.7 cm³/mol. The fourth-order valence-corrected chi connectivity index (χ4v) is 1.26. The van der Waals surface area contributed by atoms with E-state index in [4.69, 9.17) is 0 Å². The van der Waals surface area contributed by atoms with E-state index in [1.165, 1.54) is 0 Å². The zero-order chi connectivity index (χ0) is 11.1. The molecule has 1 rings (SSSR count). The molecule has 0 spiro atoms. The zero-order valence-electron chi connectivity index (χ0n) is 9.29. The lowest BCUT2D eigenvalue weighted by atomic mass is 10.4. The summed E-state index contributed by atoms with van der Waals surface area (Å²) >= 11 is 0. The molecule has 5 heteroatoms. The third kappa shape index (κ3) is 3.71. The van der Waals surface area contributed by atoms with Gasteiger partial charge in [-0.2, -0.15) is 0 Å². The Hall–Kier alpha value is -1.36. The number of nitrogens with one attached hydrogen (secondary N) is 2. The van der Waals surface area contributed by atoms with E-state index in [-0.39, 0.29) is 5.91 Å². The fraction of sp³-hybridized carbons (Fsp3) is 0.600. The summed E-state index contributed by atoms with van der Waals surface area (Å²) in [5, 5.41) is 6.02. The molecule has 0 aliphatic carbocycles. The molecule has 0 bridgehead atoms. The van der Waals surface area contributed by atoms with E-state index in [2.05, 4.69) is 22.5 Å². The number of nitrogens with zero attached hydrogens (tertiary/aromatic N) is 2. The van der Waals surface area contributed by atoms with Crippen molar-refractivity contribution in [3.8, 4) is 0 Å². The lowest BCUT2D eigenvalue weighted by Crippen LogP contribution is -2.29. The van der Waals surface area contributed by atoms with Crippen molar-refractivity contribution in [3.63, 3.8) is 0 Å². The third-order valence-corrected chi connectivity index (χ3v) is 2.09. The number of hydrogen-bond acceptors (Lipinski definition) is 3. The van der Waals surface area contributed by atoms with Gasteiger partial charge >= 0.3 is 0 Å². The maximum absolute atomic E-state index is 11.5. The Morgan fingerprint density at radius 2 is 2.33 bits per heavy atom. The Morgan fingerprint density at radius 1 is 1.53 bits per heavy atom. The molecule has 0 aliphatic heterocycles. The van der Waals surface area contributed by atoms with E-state index in [1.54, 1.807) is 24.0 Å². The van der Waals surface area contributed by atoms with E-state index in [0.29, 0.717) is 12.4 Å². The molecule has 1 amide bonds. The average Bonchev–Trinajstić information content (AvgIpc) is 2.64. The molecule has 1 aromatic rings. The van der Waals surface area contributed by atoms with Gasteiger partial charge in [-0.1, -0.05) is 6.92 Å². The van der Waals surface area contributed by atoms with Gasteiger partial charge in [-0.3, -0.25) is 4.79 Å². The third-order valence-electron chi connectivity index (χ3n) is 2.09. The number of aromatic nitrogens is 2. The second-order valence-electron chi connectivity index (χ2n) is 3.32. The van der Waals surface area contributed by atoms with Gasteiger partial charge in [0, 0.05) is 26.0 Å². The smallest absolute Gasteiger partial charge is 0.287 e. The van der Waals surface area contributed by atoms with Crippen LogP contribution in [0.1, 0.15) is 24.0 Å². The molecule has 0 radical (unpaired) electrons. The first kappa shape index (κ1) is 11.7. The summed E-state index contributed by atoms with van der Waals surface area (Å²) in [6, 6.07) is 0. The number of carbonyl (C=O) groups excluding carboxylic acids is 1. The van der Waals surface area contributed by atoms with Gasteiger partial charge in [-0.15, -0.1) is 0 Å². The van der Waals surface area contributed by atoms with Gasteiger partial charge in [-0.05, 0) is 19.5 Å². The van der Waals surface area contributed by atoms with Gasteiger partial charge < -0.3 is 15.2 Å². The monoisotopic (exact) mass is 210 g/mol. The van der Waals surface area contributed by atoms with Gasteiger partial charge in [0.15, 0.2) is 5.82 Å². The minimum absolute atomic E-state index is 0.112. The summed E-state index contributed by atoms with van der Waals surface area (Å²) in [6.45, 7) is 4.63. The summed E-state index contributed by atoms with van der Waals surface area (Å²) in [5.74, 6) is 0.345. The number of amides is 1. The first-order chi connectivity index (χ1) is 7.25. The highest BCUT2D eigenvalue weighted by molar-refractivity contribution is 5.90. The second kappa shape index (κ2) is 6.19. The molecule has 5 nitrogen and oxygen atoms in total. The molecule has 1 aromatic heterocycles. The van der Waals surface area contributed by atoms with Crippen molar-refractivity contribution in [2.75, 3.05) is 19.6 Å².